The van der Waals surface area contributed by atoms with Crippen molar-refractivity contribution in [2.45, 2.75) is 26.3 Å². The van der Waals surface area contributed by atoms with Gasteiger partial charge in [-0.1, -0.05) is 23.7 Å². The van der Waals surface area contributed by atoms with Gasteiger partial charge < -0.3 is 14.6 Å². The number of methoxy groups -OCH3 is 1. The molecule has 1 unspecified atom stereocenters. The highest BCUT2D eigenvalue weighted by atomic mass is 35.5. The minimum absolute atomic E-state index is 0.0625. The van der Waals surface area contributed by atoms with E-state index in [4.69, 9.17) is 16.3 Å². The number of benzene rings is 2. The Morgan fingerprint density at radius 1 is 1.23 bits per heavy atom. The molecular weight excluding hydrogens is 410 g/mol. The molecule has 0 bridgehead atoms. The maximum Gasteiger partial charge on any atom is 0.270 e. The molecule has 1 aliphatic rings. The van der Waals surface area contributed by atoms with E-state index in [2.05, 4.69) is 28.9 Å². The minimum Gasteiger partial charge on any atom is -0.497 e. The summed E-state index contributed by atoms with van der Waals surface area (Å²) in [6, 6.07) is 15.9. The zero-order chi connectivity index (χ0) is 21.8. The van der Waals surface area contributed by atoms with Gasteiger partial charge in [0.1, 0.15) is 11.4 Å². The normalized spacial score (nSPS) is 17.1. The maximum atomic E-state index is 13.2. The quantitative estimate of drug-likeness (QED) is 0.550. The van der Waals surface area contributed by atoms with E-state index in [-0.39, 0.29) is 5.91 Å². The van der Waals surface area contributed by atoms with E-state index < -0.39 is 0 Å². The SMILES string of the molecule is CCN(CC1CCCN(Cc2ccc(Cl)cc2)C1)C(=O)c1cc2ccc(OC)cc2[nH]1. The molecule has 1 saturated heterocycles. The summed E-state index contributed by atoms with van der Waals surface area (Å²) in [6.07, 6.45) is 2.32. The molecule has 3 aromatic rings. The molecule has 1 aromatic heterocycles. The van der Waals surface area contributed by atoms with Gasteiger partial charge in [-0.05, 0) is 68.1 Å². The van der Waals surface area contributed by atoms with Crippen LogP contribution >= 0.6 is 11.6 Å². The van der Waals surface area contributed by atoms with Gasteiger partial charge in [-0.3, -0.25) is 9.69 Å². The first-order valence-electron chi connectivity index (χ1n) is 11.0. The van der Waals surface area contributed by atoms with Gasteiger partial charge in [0.2, 0.25) is 0 Å². The lowest BCUT2D eigenvalue weighted by Crippen LogP contribution is -2.42. The molecule has 2 aromatic carbocycles. The average molecular weight is 440 g/mol. The number of nitrogens with one attached hydrogen (secondary N) is 1. The van der Waals surface area contributed by atoms with E-state index in [1.165, 1.54) is 5.56 Å². The van der Waals surface area contributed by atoms with Crippen molar-refractivity contribution >= 4 is 28.4 Å². The molecular formula is C25H30ClN3O2. The largest absolute Gasteiger partial charge is 0.497 e. The molecule has 0 aliphatic carbocycles. The van der Waals surface area contributed by atoms with Crippen molar-refractivity contribution in [2.24, 2.45) is 5.92 Å². The second-order valence-corrected chi connectivity index (χ2v) is 8.79. The van der Waals surface area contributed by atoms with E-state index in [1.807, 2.05) is 41.3 Å². The average Bonchev–Trinajstić information content (AvgIpc) is 3.22. The predicted octanol–water partition coefficient (Wildman–Crippen LogP) is 5.20. The summed E-state index contributed by atoms with van der Waals surface area (Å²) in [5, 5.41) is 1.79. The third-order valence-electron chi connectivity index (χ3n) is 6.13. The second kappa shape index (κ2) is 9.75. The standard InChI is InChI=1S/C25H30ClN3O2/c1-3-29(25(30)24-13-20-8-11-22(31-2)14-23(20)27-24)17-19-5-4-12-28(16-19)15-18-6-9-21(26)10-7-18/h6-11,13-14,19,27H,3-5,12,15-17H2,1-2H3. The summed E-state index contributed by atoms with van der Waals surface area (Å²) >= 11 is 6.01. The van der Waals surface area contributed by atoms with Crippen LogP contribution < -0.4 is 4.74 Å². The van der Waals surface area contributed by atoms with Gasteiger partial charge in [0.25, 0.3) is 5.91 Å². The minimum atomic E-state index is 0.0625. The molecule has 1 fully saturated rings. The Balaban J connectivity index is 1.40. The Bertz CT molecular complexity index is 1030. The summed E-state index contributed by atoms with van der Waals surface area (Å²) in [5.41, 5.74) is 2.84. The molecule has 1 atom stereocenters. The third kappa shape index (κ3) is 5.23. The number of rotatable bonds is 7. The number of carbonyl (C=O) groups is 1. The van der Waals surface area contributed by atoms with Crippen LogP contribution in [-0.4, -0.2) is 54.0 Å². The number of nitrogens with zero attached hydrogens (tertiary/aromatic N) is 2. The molecule has 0 radical (unpaired) electrons. The number of piperidine rings is 1. The lowest BCUT2D eigenvalue weighted by Gasteiger charge is -2.35. The number of likely N-dealkylation sites (tertiary alicyclic amines) is 1. The summed E-state index contributed by atoms with van der Waals surface area (Å²) in [4.78, 5) is 21.0. The number of carbonyl (C=O) groups excluding carboxylic acids is 1. The van der Waals surface area contributed by atoms with Crippen LogP contribution in [0.2, 0.25) is 5.02 Å². The molecule has 164 valence electrons. The molecule has 0 saturated carbocycles. The zero-order valence-electron chi connectivity index (χ0n) is 18.2. The van der Waals surface area contributed by atoms with Crippen molar-refractivity contribution in [3.8, 4) is 5.75 Å². The third-order valence-corrected chi connectivity index (χ3v) is 6.38. The Kier molecular flexibility index (Phi) is 6.83. The lowest BCUT2D eigenvalue weighted by atomic mass is 9.96. The van der Waals surface area contributed by atoms with Crippen molar-refractivity contribution in [3.05, 3.63) is 64.8 Å². The smallest absolute Gasteiger partial charge is 0.270 e. The fourth-order valence-corrected chi connectivity index (χ4v) is 4.60. The van der Waals surface area contributed by atoms with E-state index in [9.17, 15) is 4.79 Å². The number of fused-ring (bicyclic) bond motifs is 1. The van der Waals surface area contributed by atoms with Gasteiger partial charge in [0, 0.05) is 48.2 Å². The van der Waals surface area contributed by atoms with Crippen LogP contribution in [0.15, 0.2) is 48.5 Å². The molecule has 1 N–H and O–H groups in total. The van der Waals surface area contributed by atoms with Crippen LogP contribution in [0.3, 0.4) is 0 Å². The summed E-state index contributed by atoms with van der Waals surface area (Å²) in [7, 11) is 1.65. The highest BCUT2D eigenvalue weighted by Gasteiger charge is 2.25. The van der Waals surface area contributed by atoms with Crippen molar-refractivity contribution in [1.82, 2.24) is 14.8 Å². The second-order valence-electron chi connectivity index (χ2n) is 8.35. The first kappa shape index (κ1) is 21.7. The predicted molar refractivity (Wildman–Crippen MR) is 126 cm³/mol. The van der Waals surface area contributed by atoms with Gasteiger partial charge in [0.05, 0.1) is 7.11 Å². The van der Waals surface area contributed by atoms with Crippen LogP contribution in [0.4, 0.5) is 0 Å². The zero-order valence-corrected chi connectivity index (χ0v) is 19.0. The summed E-state index contributed by atoms with van der Waals surface area (Å²) in [6.45, 7) is 6.57. The molecule has 4 rings (SSSR count). The number of hydrogen-bond donors (Lipinski definition) is 1. The van der Waals surface area contributed by atoms with Gasteiger partial charge in [-0.2, -0.15) is 0 Å². The van der Waals surface area contributed by atoms with Crippen LogP contribution in [0.1, 0.15) is 35.8 Å². The number of ether oxygens (including phenoxy) is 1. The summed E-state index contributed by atoms with van der Waals surface area (Å²) in [5.74, 6) is 1.32. The molecule has 1 aliphatic heterocycles. The number of halogens is 1. The number of H-pyrrole nitrogens is 1. The maximum absolute atomic E-state index is 13.2. The Morgan fingerprint density at radius 2 is 2.03 bits per heavy atom. The van der Waals surface area contributed by atoms with Crippen LogP contribution in [0, 0.1) is 5.92 Å². The van der Waals surface area contributed by atoms with Crippen LogP contribution in [0.5, 0.6) is 5.75 Å². The highest BCUT2D eigenvalue weighted by molar-refractivity contribution is 6.30. The first-order chi connectivity index (χ1) is 15.1. The van der Waals surface area contributed by atoms with Crippen molar-refractivity contribution < 1.29 is 9.53 Å². The molecule has 2 heterocycles. The van der Waals surface area contributed by atoms with Crippen molar-refractivity contribution in [1.29, 1.82) is 0 Å². The topological polar surface area (TPSA) is 48.6 Å². The molecule has 0 spiro atoms. The van der Waals surface area contributed by atoms with E-state index in [0.29, 0.717) is 18.2 Å². The van der Waals surface area contributed by atoms with E-state index >= 15 is 0 Å². The fourth-order valence-electron chi connectivity index (χ4n) is 4.48. The molecule has 5 nitrogen and oxygen atoms in total. The number of aromatic nitrogens is 1. The number of aromatic amines is 1. The number of amides is 1. The lowest BCUT2D eigenvalue weighted by molar-refractivity contribution is 0.0680. The Hall–Kier alpha value is -2.50. The summed E-state index contributed by atoms with van der Waals surface area (Å²) < 4.78 is 5.29. The Labute approximate surface area is 188 Å². The Morgan fingerprint density at radius 3 is 2.77 bits per heavy atom. The van der Waals surface area contributed by atoms with Crippen LogP contribution in [0.25, 0.3) is 10.9 Å². The van der Waals surface area contributed by atoms with Crippen molar-refractivity contribution in [2.75, 3.05) is 33.3 Å². The van der Waals surface area contributed by atoms with Gasteiger partial charge in [-0.15, -0.1) is 0 Å². The van der Waals surface area contributed by atoms with E-state index in [0.717, 1.165) is 60.7 Å². The van der Waals surface area contributed by atoms with Gasteiger partial charge in [0.15, 0.2) is 0 Å². The van der Waals surface area contributed by atoms with Crippen LogP contribution in [-0.2, 0) is 6.54 Å². The van der Waals surface area contributed by atoms with Crippen molar-refractivity contribution in [3.63, 3.8) is 0 Å². The monoisotopic (exact) mass is 439 g/mol. The molecule has 31 heavy (non-hydrogen) atoms. The van der Waals surface area contributed by atoms with Gasteiger partial charge >= 0.3 is 0 Å². The van der Waals surface area contributed by atoms with E-state index in [1.54, 1.807) is 7.11 Å². The molecule has 1 amide bonds. The highest BCUT2D eigenvalue weighted by Crippen LogP contribution is 2.24. The fraction of sp³-hybridized carbons (Fsp3) is 0.400. The molecule has 6 heteroatoms. The first-order valence-corrected chi connectivity index (χ1v) is 11.4. The van der Waals surface area contributed by atoms with Gasteiger partial charge in [-0.25, -0.2) is 0 Å². The number of hydrogen-bond acceptors (Lipinski definition) is 3.